The lowest BCUT2D eigenvalue weighted by atomic mass is 9.97. The molecule has 0 heterocycles. The van der Waals surface area contributed by atoms with Crippen LogP contribution in [0.4, 0.5) is 4.79 Å². The zero-order valence-electron chi connectivity index (χ0n) is 23.2. The molecule has 0 bridgehead atoms. The van der Waals surface area contributed by atoms with Gasteiger partial charge in [-0.25, -0.2) is 4.79 Å². The molecule has 8 nitrogen and oxygen atoms in total. The highest BCUT2D eigenvalue weighted by Crippen LogP contribution is 2.44. The molecule has 1 aliphatic carbocycles. The van der Waals surface area contributed by atoms with E-state index in [-0.39, 0.29) is 24.9 Å². The van der Waals surface area contributed by atoms with Gasteiger partial charge in [0, 0.05) is 12.3 Å². The fourth-order valence-corrected chi connectivity index (χ4v) is 5.11. The molecule has 3 aromatic carbocycles. The summed E-state index contributed by atoms with van der Waals surface area (Å²) in [7, 11) is 0. The average molecular weight is 543 g/mol. The molecule has 0 saturated heterocycles. The van der Waals surface area contributed by atoms with E-state index in [1.807, 2.05) is 68.4 Å². The van der Waals surface area contributed by atoms with Crippen LogP contribution in [-0.4, -0.2) is 42.8 Å². The van der Waals surface area contributed by atoms with Crippen molar-refractivity contribution in [2.24, 2.45) is 11.7 Å². The topological polar surface area (TPSA) is 123 Å². The van der Waals surface area contributed by atoms with E-state index in [1.165, 1.54) is 0 Å². The minimum atomic E-state index is -0.887. The van der Waals surface area contributed by atoms with E-state index in [1.54, 1.807) is 6.92 Å². The van der Waals surface area contributed by atoms with Gasteiger partial charge in [0.2, 0.25) is 11.8 Å². The number of rotatable bonds is 11. The molecule has 3 amide bonds. The van der Waals surface area contributed by atoms with E-state index in [0.29, 0.717) is 6.42 Å². The number of carbonyl (C=O) groups excluding carboxylic acids is 3. The number of fused-ring (bicyclic) bond motifs is 3. The van der Waals surface area contributed by atoms with E-state index in [9.17, 15) is 14.4 Å². The third-order valence-electron chi connectivity index (χ3n) is 7.40. The minimum Gasteiger partial charge on any atom is -0.449 e. The van der Waals surface area contributed by atoms with E-state index in [4.69, 9.17) is 10.5 Å². The van der Waals surface area contributed by atoms with Crippen LogP contribution in [0, 0.1) is 5.92 Å². The zero-order chi connectivity index (χ0) is 28.6. The molecule has 1 aliphatic rings. The summed E-state index contributed by atoms with van der Waals surface area (Å²) in [6.45, 7) is 5.61. The summed E-state index contributed by atoms with van der Waals surface area (Å²) in [5.41, 5.74) is 11.2. The minimum absolute atomic E-state index is 0.0915. The van der Waals surface area contributed by atoms with Crippen molar-refractivity contribution in [2.75, 3.05) is 6.61 Å². The maximum absolute atomic E-state index is 13.5. The van der Waals surface area contributed by atoms with E-state index in [2.05, 4.69) is 40.2 Å². The van der Waals surface area contributed by atoms with Crippen molar-refractivity contribution in [1.82, 2.24) is 16.0 Å². The van der Waals surface area contributed by atoms with Crippen molar-refractivity contribution < 1.29 is 19.1 Å². The number of nitrogens with two attached hydrogens (primary N) is 1. The molecule has 0 aromatic heterocycles. The molecule has 4 atom stereocenters. The Hall–Kier alpha value is -4.17. The molecule has 5 N–H and O–H groups in total. The van der Waals surface area contributed by atoms with Gasteiger partial charge in [-0.15, -0.1) is 0 Å². The quantitative estimate of drug-likeness (QED) is 0.272. The zero-order valence-corrected chi connectivity index (χ0v) is 23.2. The molecule has 0 aliphatic heterocycles. The molecule has 3 aromatic rings. The van der Waals surface area contributed by atoms with Gasteiger partial charge in [-0.2, -0.15) is 0 Å². The molecule has 0 saturated carbocycles. The Bertz CT molecular complexity index is 1280. The van der Waals surface area contributed by atoms with E-state index >= 15 is 0 Å². The normalized spacial score (nSPS) is 15.1. The third-order valence-corrected chi connectivity index (χ3v) is 7.40. The van der Waals surface area contributed by atoms with Crippen LogP contribution < -0.4 is 21.7 Å². The number of alkyl carbamates (subject to hydrolysis) is 1. The summed E-state index contributed by atoms with van der Waals surface area (Å²) in [4.78, 5) is 39.4. The fourth-order valence-electron chi connectivity index (χ4n) is 5.11. The molecule has 0 spiro atoms. The number of ether oxygens (including phenoxy) is 1. The smallest absolute Gasteiger partial charge is 0.407 e. The van der Waals surface area contributed by atoms with Gasteiger partial charge >= 0.3 is 6.09 Å². The number of hydrogen-bond acceptors (Lipinski definition) is 5. The average Bonchev–Trinajstić information content (AvgIpc) is 3.27. The first-order valence-electron chi connectivity index (χ1n) is 13.8. The molecular formula is C32H38N4O4. The van der Waals surface area contributed by atoms with Gasteiger partial charge in [0.15, 0.2) is 0 Å². The first kappa shape index (κ1) is 28.8. The van der Waals surface area contributed by atoms with Crippen LogP contribution in [0.15, 0.2) is 78.9 Å². The van der Waals surface area contributed by atoms with Gasteiger partial charge in [0.05, 0.1) is 6.17 Å². The first-order chi connectivity index (χ1) is 19.3. The second-order valence-electron chi connectivity index (χ2n) is 10.4. The highest BCUT2D eigenvalue weighted by Gasteiger charge is 2.32. The highest BCUT2D eigenvalue weighted by molar-refractivity contribution is 5.91. The van der Waals surface area contributed by atoms with E-state index < -0.39 is 36.2 Å². The molecule has 0 fully saturated rings. The summed E-state index contributed by atoms with van der Waals surface area (Å²) >= 11 is 0. The largest absolute Gasteiger partial charge is 0.449 e. The lowest BCUT2D eigenvalue weighted by Gasteiger charge is -2.27. The lowest BCUT2D eigenvalue weighted by Crippen LogP contribution is -2.57. The fraction of sp³-hybridized carbons (Fsp3) is 0.344. The number of amides is 3. The van der Waals surface area contributed by atoms with Crippen LogP contribution in [0.1, 0.15) is 49.8 Å². The summed E-state index contributed by atoms with van der Waals surface area (Å²) in [5.74, 6) is -1.14. The summed E-state index contributed by atoms with van der Waals surface area (Å²) in [6.07, 6.45) is -0.339. The number of nitrogens with one attached hydrogen (secondary N) is 3. The Kier molecular flexibility index (Phi) is 9.56. The van der Waals surface area contributed by atoms with Crippen LogP contribution >= 0.6 is 0 Å². The van der Waals surface area contributed by atoms with Crippen molar-refractivity contribution in [2.45, 2.75) is 57.8 Å². The van der Waals surface area contributed by atoms with Crippen molar-refractivity contribution in [3.63, 3.8) is 0 Å². The maximum Gasteiger partial charge on any atom is 0.407 e. The van der Waals surface area contributed by atoms with Gasteiger partial charge in [-0.1, -0.05) is 99.1 Å². The molecule has 8 heteroatoms. The van der Waals surface area contributed by atoms with Crippen LogP contribution in [0.25, 0.3) is 11.1 Å². The number of hydrogen-bond donors (Lipinski definition) is 4. The Balaban J connectivity index is 1.44. The van der Waals surface area contributed by atoms with Gasteiger partial charge in [0.1, 0.15) is 18.7 Å². The Morgan fingerprint density at radius 2 is 1.38 bits per heavy atom. The summed E-state index contributed by atoms with van der Waals surface area (Å²) in [5, 5.41) is 8.27. The molecular weight excluding hydrogens is 504 g/mol. The first-order valence-corrected chi connectivity index (χ1v) is 13.8. The predicted molar refractivity (Wildman–Crippen MR) is 155 cm³/mol. The third kappa shape index (κ3) is 6.87. The van der Waals surface area contributed by atoms with Gasteiger partial charge in [-0.05, 0) is 40.7 Å². The van der Waals surface area contributed by atoms with Crippen molar-refractivity contribution in [1.29, 1.82) is 0 Å². The maximum atomic E-state index is 13.5. The van der Waals surface area contributed by atoms with Crippen molar-refractivity contribution in [3.05, 3.63) is 95.6 Å². The Labute approximate surface area is 235 Å². The van der Waals surface area contributed by atoms with Crippen molar-refractivity contribution in [3.8, 4) is 11.1 Å². The Morgan fingerprint density at radius 1 is 0.800 bits per heavy atom. The number of benzene rings is 3. The second kappa shape index (κ2) is 13.3. The van der Waals surface area contributed by atoms with Crippen LogP contribution in [0.2, 0.25) is 0 Å². The van der Waals surface area contributed by atoms with Crippen LogP contribution in [-0.2, 0) is 20.7 Å². The SMILES string of the molecule is CC[C@H](C)[C@H](NC(=O)OCC1c2ccccc2-c2ccccc21)C(=O)N[C@@H](Cc1ccccc1)C(=O)NC(C)N. The molecule has 1 unspecified atom stereocenters. The standard InChI is InChI=1S/C32H38N4O4/c1-4-20(2)29(31(38)35-28(30(37)34-21(3)33)18-22-12-6-5-7-13-22)36-32(39)40-19-27-25-16-10-8-14-23(25)24-15-9-11-17-26(24)27/h5-17,20-21,27-29H,4,18-19,33H2,1-3H3,(H,34,37)(H,35,38)(H,36,39)/t20-,21?,28-,29-/m0/s1. The summed E-state index contributed by atoms with van der Waals surface area (Å²) in [6, 6.07) is 23.9. The molecule has 40 heavy (non-hydrogen) atoms. The number of carbonyl (C=O) groups is 3. The second-order valence-corrected chi connectivity index (χ2v) is 10.4. The van der Waals surface area contributed by atoms with Gasteiger partial charge in [0.25, 0.3) is 0 Å². The lowest BCUT2D eigenvalue weighted by molar-refractivity contribution is -0.131. The van der Waals surface area contributed by atoms with Crippen LogP contribution in [0.3, 0.4) is 0 Å². The molecule has 4 rings (SSSR count). The monoisotopic (exact) mass is 542 g/mol. The summed E-state index contributed by atoms with van der Waals surface area (Å²) < 4.78 is 5.69. The highest BCUT2D eigenvalue weighted by atomic mass is 16.5. The molecule has 210 valence electrons. The molecule has 0 radical (unpaired) electrons. The van der Waals surface area contributed by atoms with Crippen molar-refractivity contribution >= 4 is 17.9 Å². The van der Waals surface area contributed by atoms with Crippen LogP contribution in [0.5, 0.6) is 0 Å². The van der Waals surface area contributed by atoms with Gasteiger partial charge in [-0.3, -0.25) is 9.59 Å². The van der Waals surface area contributed by atoms with Gasteiger partial charge < -0.3 is 26.4 Å². The predicted octanol–water partition coefficient (Wildman–Crippen LogP) is 4.09. The Morgan fingerprint density at radius 3 is 1.95 bits per heavy atom. The van der Waals surface area contributed by atoms with E-state index in [0.717, 1.165) is 27.8 Å².